The zero-order valence-corrected chi connectivity index (χ0v) is 14.2. The van der Waals surface area contributed by atoms with Gasteiger partial charge in [0.2, 0.25) is 5.76 Å². The molecule has 1 aromatic carbocycles. The van der Waals surface area contributed by atoms with Crippen LogP contribution in [0.3, 0.4) is 0 Å². The molecular weight excluding hydrogens is 334 g/mol. The van der Waals surface area contributed by atoms with E-state index < -0.39 is 0 Å². The first-order valence-electron chi connectivity index (χ1n) is 8.75. The maximum Gasteiger partial charge on any atom is 0.290 e. The van der Waals surface area contributed by atoms with E-state index in [1.165, 1.54) is 0 Å². The van der Waals surface area contributed by atoms with Gasteiger partial charge in [-0.25, -0.2) is 0 Å². The summed E-state index contributed by atoms with van der Waals surface area (Å²) in [6.45, 7) is 0.942. The molecule has 26 heavy (non-hydrogen) atoms. The van der Waals surface area contributed by atoms with Gasteiger partial charge in [-0.1, -0.05) is 5.16 Å². The highest BCUT2D eigenvalue weighted by Crippen LogP contribution is 2.39. The van der Waals surface area contributed by atoms with Crippen LogP contribution in [-0.4, -0.2) is 36.4 Å². The molecule has 1 saturated heterocycles. The van der Waals surface area contributed by atoms with E-state index in [0.29, 0.717) is 36.9 Å². The first-order chi connectivity index (χ1) is 12.7. The highest BCUT2D eigenvalue weighted by Gasteiger charge is 2.32. The predicted molar refractivity (Wildman–Crippen MR) is 90.7 cm³/mol. The summed E-state index contributed by atoms with van der Waals surface area (Å²) in [5.41, 5.74) is 1.42. The molecule has 0 unspecified atom stereocenters. The van der Waals surface area contributed by atoms with Crippen molar-refractivity contribution in [3.05, 3.63) is 47.3 Å². The molecule has 0 radical (unpaired) electrons. The lowest BCUT2D eigenvalue weighted by Crippen LogP contribution is -2.51. The van der Waals surface area contributed by atoms with E-state index in [9.17, 15) is 4.79 Å². The lowest BCUT2D eigenvalue weighted by Gasteiger charge is -2.32. The molecule has 2 fully saturated rings. The Morgan fingerprint density at radius 1 is 1.27 bits per heavy atom. The predicted octanol–water partition coefficient (Wildman–Crippen LogP) is 2.39. The smallest absolute Gasteiger partial charge is 0.290 e. The van der Waals surface area contributed by atoms with Gasteiger partial charge in [-0.2, -0.15) is 5.26 Å². The van der Waals surface area contributed by atoms with Crippen molar-refractivity contribution in [3.8, 4) is 11.8 Å². The number of carbonyl (C=O) groups is 1. The van der Waals surface area contributed by atoms with Crippen molar-refractivity contribution in [2.24, 2.45) is 0 Å². The number of carbonyl (C=O) groups excluding carboxylic acids is 1. The van der Waals surface area contributed by atoms with Crippen LogP contribution < -0.4 is 10.1 Å². The molecule has 1 amide bonds. The molecule has 2 heterocycles. The number of ether oxygens (including phenoxy) is 2. The first-order valence-corrected chi connectivity index (χ1v) is 8.75. The SMILES string of the molecule is N#Cc1ccc(O[C@@H]2CCOC[C@H]2NC(=O)c2cc(C3CC3)no2)cc1. The Hall–Kier alpha value is -2.85. The van der Waals surface area contributed by atoms with Crippen molar-refractivity contribution in [2.75, 3.05) is 13.2 Å². The number of rotatable bonds is 5. The molecule has 1 aliphatic heterocycles. The largest absolute Gasteiger partial charge is 0.488 e. The zero-order chi connectivity index (χ0) is 17.9. The van der Waals surface area contributed by atoms with Crippen molar-refractivity contribution < 1.29 is 18.8 Å². The Morgan fingerprint density at radius 3 is 2.81 bits per heavy atom. The Kier molecular flexibility index (Phi) is 4.59. The van der Waals surface area contributed by atoms with Gasteiger partial charge < -0.3 is 19.3 Å². The molecule has 2 aliphatic rings. The van der Waals surface area contributed by atoms with Gasteiger partial charge in [0.15, 0.2) is 0 Å². The third-order valence-electron chi connectivity index (χ3n) is 4.63. The quantitative estimate of drug-likeness (QED) is 0.886. The fourth-order valence-corrected chi connectivity index (χ4v) is 2.98. The molecule has 4 rings (SSSR count). The highest BCUT2D eigenvalue weighted by molar-refractivity contribution is 5.91. The molecule has 7 heteroatoms. The normalized spacial score (nSPS) is 22.4. The van der Waals surface area contributed by atoms with Gasteiger partial charge in [-0.05, 0) is 37.1 Å². The fraction of sp³-hybridized carbons (Fsp3) is 0.421. The fourth-order valence-electron chi connectivity index (χ4n) is 2.98. The maximum absolute atomic E-state index is 12.5. The molecule has 7 nitrogen and oxygen atoms in total. The molecule has 0 spiro atoms. The number of benzene rings is 1. The van der Waals surface area contributed by atoms with E-state index in [1.54, 1.807) is 30.3 Å². The van der Waals surface area contributed by atoms with Crippen LogP contribution in [0.1, 0.15) is 47.0 Å². The lowest BCUT2D eigenvalue weighted by molar-refractivity contribution is -0.00329. The van der Waals surface area contributed by atoms with E-state index in [2.05, 4.69) is 16.5 Å². The van der Waals surface area contributed by atoms with Crippen LogP contribution in [0.2, 0.25) is 0 Å². The Morgan fingerprint density at radius 2 is 2.08 bits per heavy atom. The molecular formula is C19H19N3O4. The monoisotopic (exact) mass is 353 g/mol. The van der Waals surface area contributed by atoms with Crippen LogP contribution in [-0.2, 0) is 4.74 Å². The van der Waals surface area contributed by atoms with Crippen LogP contribution in [0.5, 0.6) is 5.75 Å². The van der Waals surface area contributed by atoms with Crippen molar-refractivity contribution in [2.45, 2.75) is 37.3 Å². The number of nitrogens with one attached hydrogen (secondary N) is 1. The standard InChI is InChI=1S/C19H19N3O4/c20-10-12-1-5-14(6-2-12)25-17-7-8-24-11-16(17)21-19(23)18-9-15(22-26-18)13-3-4-13/h1-2,5-6,9,13,16-17H,3-4,7-8,11H2,(H,21,23)/t16-,17-/m1/s1. The van der Waals surface area contributed by atoms with Crippen LogP contribution in [0, 0.1) is 11.3 Å². The van der Waals surface area contributed by atoms with Gasteiger partial charge in [0.1, 0.15) is 11.9 Å². The van der Waals surface area contributed by atoms with Crippen molar-refractivity contribution in [1.29, 1.82) is 5.26 Å². The van der Waals surface area contributed by atoms with Crippen LogP contribution in [0.25, 0.3) is 0 Å². The zero-order valence-electron chi connectivity index (χ0n) is 14.2. The van der Waals surface area contributed by atoms with E-state index in [1.807, 2.05) is 0 Å². The topological polar surface area (TPSA) is 97.4 Å². The van der Waals surface area contributed by atoms with Crippen molar-refractivity contribution >= 4 is 5.91 Å². The van der Waals surface area contributed by atoms with Gasteiger partial charge in [-0.15, -0.1) is 0 Å². The van der Waals surface area contributed by atoms with Crippen LogP contribution in [0.15, 0.2) is 34.9 Å². The minimum atomic E-state index is -0.312. The van der Waals surface area contributed by atoms with Gasteiger partial charge in [0.25, 0.3) is 5.91 Å². The van der Waals surface area contributed by atoms with Crippen molar-refractivity contribution in [3.63, 3.8) is 0 Å². The third-order valence-corrected chi connectivity index (χ3v) is 4.63. The molecule has 1 aromatic heterocycles. The Labute approximate surface area is 150 Å². The number of aromatic nitrogens is 1. The molecule has 2 atom stereocenters. The van der Waals surface area contributed by atoms with Crippen molar-refractivity contribution in [1.82, 2.24) is 10.5 Å². The number of nitrogens with zero attached hydrogens (tertiary/aromatic N) is 2. The molecule has 2 aromatic rings. The summed E-state index contributed by atoms with van der Waals surface area (Å²) in [5, 5.41) is 15.8. The number of nitriles is 1. The maximum atomic E-state index is 12.5. The second-order valence-corrected chi connectivity index (χ2v) is 6.63. The summed E-state index contributed by atoms with van der Waals surface area (Å²) in [6.07, 6.45) is 2.65. The summed E-state index contributed by atoms with van der Waals surface area (Å²) in [4.78, 5) is 12.5. The van der Waals surface area contributed by atoms with E-state index in [0.717, 1.165) is 18.5 Å². The van der Waals surface area contributed by atoms with Crippen LogP contribution >= 0.6 is 0 Å². The summed E-state index contributed by atoms with van der Waals surface area (Å²) in [6, 6.07) is 10.4. The average Bonchev–Trinajstić information content (AvgIpc) is 3.40. The van der Waals surface area contributed by atoms with Crippen LogP contribution in [0.4, 0.5) is 0 Å². The Balaban J connectivity index is 1.40. The number of hydrogen-bond donors (Lipinski definition) is 1. The van der Waals surface area contributed by atoms with Gasteiger partial charge in [-0.3, -0.25) is 4.79 Å². The van der Waals surface area contributed by atoms with Gasteiger partial charge >= 0.3 is 0 Å². The number of amides is 1. The minimum Gasteiger partial charge on any atom is -0.488 e. The minimum absolute atomic E-state index is 0.216. The van der Waals surface area contributed by atoms with E-state index >= 15 is 0 Å². The molecule has 1 aliphatic carbocycles. The van der Waals surface area contributed by atoms with E-state index in [4.69, 9.17) is 19.3 Å². The Bertz CT molecular complexity index is 820. The number of hydrogen-bond acceptors (Lipinski definition) is 6. The average molecular weight is 353 g/mol. The third kappa shape index (κ3) is 3.70. The molecule has 134 valence electrons. The summed E-state index contributed by atoms with van der Waals surface area (Å²) in [5.74, 6) is 1.000. The second-order valence-electron chi connectivity index (χ2n) is 6.63. The molecule has 0 bridgehead atoms. The van der Waals surface area contributed by atoms with E-state index in [-0.39, 0.29) is 23.8 Å². The van der Waals surface area contributed by atoms with Gasteiger partial charge in [0, 0.05) is 18.4 Å². The lowest BCUT2D eigenvalue weighted by atomic mass is 10.1. The summed E-state index contributed by atoms with van der Waals surface area (Å²) in [7, 11) is 0. The second kappa shape index (κ2) is 7.18. The highest BCUT2D eigenvalue weighted by atomic mass is 16.5. The summed E-state index contributed by atoms with van der Waals surface area (Å²) >= 11 is 0. The van der Waals surface area contributed by atoms with Gasteiger partial charge in [0.05, 0.1) is 36.6 Å². The first kappa shape index (κ1) is 16.6. The molecule has 1 N–H and O–H groups in total. The molecule has 1 saturated carbocycles. The summed E-state index contributed by atoms with van der Waals surface area (Å²) < 4.78 is 16.7.